The van der Waals surface area contributed by atoms with Gasteiger partial charge in [0.1, 0.15) is 6.04 Å². The number of rotatable bonds is 8. The van der Waals surface area contributed by atoms with Crippen LogP contribution in [-0.4, -0.2) is 71.0 Å². The summed E-state index contributed by atoms with van der Waals surface area (Å²) in [6, 6.07) is -0.509. The molecule has 0 unspecified atom stereocenters. The van der Waals surface area contributed by atoms with Gasteiger partial charge in [0.2, 0.25) is 11.8 Å². The van der Waals surface area contributed by atoms with Crippen molar-refractivity contribution in [1.29, 1.82) is 0 Å². The molecule has 2 aliphatic heterocycles. The van der Waals surface area contributed by atoms with Crippen LogP contribution in [0.3, 0.4) is 0 Å². The van der Waals surface area contributed by atoms with Crippen LogP contribution < -0.4 is 5.32 Å². The molecule has 2 heterocycles. The lowest BCUT2D eigenvalue weighted by Gasteiger charge is -2.27. The van der Waals surface area contributed by atoms with Gasteiger partial charge in [0.05, 0.1) is 5.92 Å². The summed E-state index contributed by atoms with van der Waals surface area (Å²) in [6.07, 6.45) is 2.81. The van der Waals surface area contributed by atoms with Crippen molar-refractivity contribution in [2.24, 2.45) is 11.8 Å². The fourth-order valence-electron chi connectivity index (χ4n) is 3.88. The van der Waals surface area contributed by atoms with E-state index in [4.69, 9.17) is 0 Å². The van der Waals surface area contributed by atoms with Gasteiger partial charge in [-0.3, -0.25) is 14.5 Å². The summed E-state index contributed by atoms with van der Waals surface area (Å²) in [4.78, 5) is 40.2. The number of nitrogens with one attached hydrogen (secondary N) is 1. The number of likely N-dealkylation sites (tertiary alicyclic amines) is 2. The Balaban J connectivity index is 1.90. The number of carbonyl (C=O) groups excluding carboxylic acids is 2. The molecule has 2 aliphatic rings. The maximum absolute atomic E-state index is 12.4. The molecule has 0 spiro atoms. The lowest BCUT2D eigenvalue weighted by Crippen LogP contribution is -2.45. The molecule has 0 aromatic rings. The third-order valence-corrected chi connectivity index (χ3v) is 5.24. The fraction of sp³-hybridized carbons (Fsp3) is 0.833. The maximum Gasteiger partial charge on any atom is 0.326 e. The van der Waals surface area contributed by atoms with E-state index in [9.17, 15) is 19.5 Å². The molecule has 2 fully saturated rings. The molecule has 7 heteroatoms. The summed E-state index contributed by atoms with van der Waals surface area (Å²) >= 11 is 0. The summed E-state index contributed by atoms with van der Waals surface area (Å²) in [6.45, 7) is 9.08. The molecule has 25 heavy (non-hydrogen) atoms. The van der Waals surface area contributed by atoms with E-state index >= 15 is 0 Å². The summed E-state index contributed by atoms with van der Waals surface area (Å²) in [5, 5.41) is 11.9. The van der Waals surface area contributed by atoms with Gasteiger partial charge in [0, 0.05) is 25.6 Å². The largest absolute Gasteiger partial charge is 0.480 e. The number of likely N-dealkylation sites (N-methyl/N-ethyl adjacent to an activating group) is 1. The van der Waals surface area contributed by atoms with Crippen LogP contribution in [0.1, 0.15) is 46.5 Å². The number of hydrogen-bond acceptors (Lipinski definition) is 4. The van der Waals surface area contributed by atoms with Crippen molar-refractivity contribution in [3.05, 3.63) is 0 Å². The van der Waals surface area contributed by atoms with Gasteiger partial charge in [0.15, 0.2) is 0 Å². The van der Waals surface area contributed by atoms with E-state index in [0.29, 0.717) is 25.6 Å². The van der Waals surface area contributed by atoms with Crippen molar-refractivity contribution in [2.45, 2.75) is 58.5 Å². The first-order valence-corrected chi connectivity index (χ1v) is 9.36. The Kier molecular flexibility index (Phi) is 6.81. The number of hydrogen-bond donors (Lipinski definition) is 2. The third-order valence-electron chi connectivity index (χ3n) is 5.24. The summed E-state index contributed by atoms with van der Waals surface area (Å²) in [7, 11) is 0. The van der Waals surface area contributed by atoms with E-state index in [0.717, 1.165) is 25.9 Å². The molecule has 0 aliphatic carbocycles. The fourth-order valence-corrected chi connectivity index (χ4v) is 3.88. The SMILES string of the molecule is CCN1CCC[C@@H]1CN1C[C@H](C(=O)N[C@H](CC(C)C)C(=O)O)CC1=O. The van der Waals surface area contributed by atoms with E-state index in [1.54, 1.807) is 4.90 Å². The predicted octanol–water partition coefficient (Wildman–Crippen LogP) is 0.935. The summed E-state index contributed by atoms with van der Waals surface area (Å²) in [5.74, 6) is -1.61. The normalized spacial score (nSPS) is 25.6. The highest BCUT2D eigenvalue weighted by molar-refractivity contribution is 5.91. The van der Waals surface area contributed by atoms with E-state index in [1.807, 2.05) is 13.8 Å². The number of carboxylic acids is 1. The highest BCUT2D eigenvalue weighted by atomic mass is 16.4. The van der Waals surface area contributed by atoms with Crippen molar-refractivity contribution in [2.75, 3.05) is 26.2 Å². The minimum Gasteiger partial charge on any atom is -0.480 e. The highest BCUT2D eigenvalue weighted by Gasteiger charge is 2.38. The molecule has 2 saturated heterocycles. The van der Waals surface area contributed by atoms with E-state index < -0.39 is 17.9 Å². The third kappa shape index (κ3) is 5.17. The Bertz CT molecular complexity index is 509. The Morgan fingerprint density at radius 2 is 2.08 bits per heavy atom. The van der Waals surface area contributed by atoms with Crippen molar-refractivity contribution < 1.29 is 19.5 Å². The van der Waals surface area contributed by atoms with Crippen LogP contribution in [-0.2, 0) is 14.4 Å². The van der Waals surface area contributed by atoms with Crippen molar-refractivity contribution in [3.8, 4) is 0 Å². The topological polar surface area (TPSA) is 89.9 Å². The molecule has 0 aromatic heterocycles. The monoisotopic (exact) mass is 353 g/mol. The zero-order valence-electron chi connectivity index (χ0n) is 15.5. The maximum atomic E-state index is 12.4. The molecule has 0 radical (unpaired) electrons. The first-order chi connectivity index (χ1) is 11.8. The molecule has 2 rings (SSSR count). The van der Waals surface area contributed by atoms with Gasteiger partial charge in [0.25, 0.3) is 0 Å². The molecule has 0 saturated carbocycles. The van der Waals surface area contributed by atoms with Crippen LogP contribution in [0.5, 0.6) is 0 Å². The van der Waals surface area contributed by atoms with E-state index in [1.165, 1.54) is 0 Å². The standard InChI is InChI=1S/C18H31N3O4/c1-4-20-7-5-6-14(20)11-21-10-13(9-16(21)22)17(23)19-15(18(24)25)8-12(2)3/h12-15H,4-11H2,1-3H3,(H,19,23)(H,24,25)/t13-,14-,15-/m1/s1. The number of amides is 2. The number of nitrogens with zero attached hydrogens (tertiary/aromatic N) is 2. The van der Waals surface area contributed by atoms with Crippen molar-refractivity contribution in [1.82, 2.24) is 15.1 Å². The molecule has 0 aromatic carbocycles. The minimum atomic E-state index is -1.02. The summed E-state index contributed by atoms with van der Waals surface area (Å²) < 4.78 is 0. The zero-order valence-corrected chi connectivity index (χ0v) is 15.5. The molecular weight excluding hydrogens is 322 g/mol. The summed E-state index contributed by atoms with van der Waals surface area (Å²) in [5.41, 5.74) is 0. The molecular formula is C18H31N3O4. The lowest BCUT2D eigenvalue weighted by atomic mass is 10.0. The Morgan fingerprint density at radius 1 is 1.36 bits per heavy atom. The predicted molar refractivity (Wildman–Crippen MR) is 94.0 cm³/mol. The van der Waals surface area contributed by atoms with Gasteiger partial charge in [-0.05, 0) is 38.3 Å². The minimum absolute atomic E-state index is 0.00108. The zero-order chi connectivity index (χ0) is 18.6. The number of aliphatic carboxylic acids is 1. The van der Waals surface area contributed by atoms with E-state index in [-0.39, 0.29) is 24.2 Å². The first-order valence-electron chi connectivity index (χ1n) is 9.36. The van der Waals surface area contributed by atoms with Gasteiger partial charge >= 0.3 is 5.97 Å². The van der Waals surface area contributed by atoms with Crippen molar-refractivity contribution in [3.63, 3.8) is 0 Å². The van der Waals surface area contributed by atoms with E-state index in [2.05, 4.69) is 17.1 Å². The number of carboxylic acid groups (broad SMARTS) is 1. The Hall–Kier alpha value is -1.63. The van der Waals surface area contributed by atoms with Crippen LogP contribution in [0.4, 0.5) is 0 Å². The molecule has 0 bridgehead atoms. The Labute approximate surface area is 149 Å². The van der Waals surface area contributed by atoms with Crippen LogP contribution in [0, 0.1) is 11.8 Å². The second-order valence-electron chi connectivity index (χ2n) is 7.65. The van der Waals surface area contributed by atoms with Gasteiger partial charge in [-0.1, -0.05) is 20.8 Å². The van der Waals surface area contributed by atoms with Gasteiger partial charge in [-0.25, -0.2) is 4.79 Å². The quantitative estimate of drug-likeness (QED) is 0.678. The van der Waals surface area contributed by atoms with Crippen molar-refractivity contribution >= 4 is 17.8 Å². The number of carbonyl (C=O) groups is 3. The van der Waals surface area contributed by atoms with Gasteiger partial charge < -0.3 is 15.3 Å². The van der Waals surface area contributed by atoms with Gasteiger partial charge in [-0.2, -0.15) is 0 Å². The molecule has 2 amide bonds. The van der Waals surface area contributed by atoms with Crippen LogP contribution in [0.2, 0.25) is 0 Å². The average molecular weight is 353 g/mol. The molecule has 142 valence electrons. The first kappa shape index (κ1) is 19.7. The van der Waals surface area contributed by atoms with Crippen LogP contribution in [0.15, 0.2) is 0 Å². The Morgan fingerprint density at radius 3 is 2.68 bits per heavy atom. The van der Waals surface area contributed by atoms with Crippen LogP contribution >= 0.6 is 0 Å². The molecule has 2 N–H and O–H groups in total. The second-order valence-corrected chi connectivity index (χ2v) is 7.65. The average Bonchev–Trinajstić information content (AvgIpc) is 3.13. The van der Waals surface area contributed by atoms with Gasteiger partial charge in [-0.15, -0.1) is 0 Å². The highest BCUT2D eigenvalue weighted by Crippen LogP contribution is 2.23. The van der Waals surface area contributed by atoms with Crippen LogP contribution in [0.25, 0.3) is 0 Å². The molecule has 3 atom stereocenters. The second kappa shape index (κ2) is 8.65. The molecule has 7 nitrogen and oxygen atoms in total. The smallest absolute Gasteiger partial charge is 0.326 e. The lowest BCUT2D eigenvalue weighted by molar-refractivity contribution is -0.142.